The maximum absolute atomic E-state index is 13.7. The van der Waals surface area contributed by atoms with Crippen molar-refractivity contribution >= 4 is 0 Å². The maximum Gasteiger partial charge on any atom is 0.138 e. The predicted octanol–water partition coefficient (Wildman–Crippen LogP) is 1.91. The van der Waals surface area contributed by atoms with Gasteiger partial charge in [0.25, 0.3) is 0 Å². The molecule has 114 valence electrons. The summed E-state index contributed by atoms with van der Waals surface area (Å²) in [5.41, 5.74) is 1.38. The highest BCUT2D eigenvalue weighted by atomic mass is 19.1. The van der Waals surface area contributed by atoms with Crippen LogP contribution in [0.2, 0.25) is 0 Å². The van der Waals surface area contributed by atoms with Gasteiger partial charge in [-0.2, -0.15) is 0 Å². The molecular weight excluding hydrogens is 269 g/mol. The molecule has 0 saturated heterocycles. The lowest BCUT2D eigenvalue weighted by atomic mass is 9.91. The third kappa shape index (κ3) is 4.53. The zero-order valence-electron chi connectivity index (χ0n) is 12.2. The van der Waals surface area contributed by atoms with Crippen molar-refractivity contribution in [2.75, 3.05) is 19.8 Å². The average Bonchev–Trinajstić information content (AvgIpc) is 2.41. The van der Waals surface area contributed by atoms with Crippen LogP contribution >= 0.6 is 0 Å². The first-order valence-electron chi connectivity index (χ1n) is 7.47. The van der Waals surface area contributed by atoms with Crippen LogP contribution in [0.3, 0.4) is 0 Å². The molecule has 0 atom stereocenters. The van der Waals surface area contributed by atoms with Gasteiger partial charge in [-0.15, -0.1) is 0 Å². The molecule has 3 nitrogen and oxygen atoms in total. The lowest BCUT2D eigenvalue weighted by Crippen LogP contribution is -2.41. The summed E-state index contributed by atoms with van der Waals surface area (Å²) in [7, 11) is 0. The third-order valence-corrected chi connectivity index (χ3v) is 3.85. The number of aliphatic hydroxyl groups is 2. The minimum Gasteiger partial charge on any atom is -0.395 e. The normalized spacial score (nSPS) is 14.7. The molecule has 0 amide bonds. The number of benzene rings is 1. The van der Waals surface area contributed by atoms with Gasteiger partial charge in [-0.1, -0.05) is 24.3 Å². The van der Waals surface area contributed by atoms with Crippen LogP contribution in [0.15, 0.2) is 18.2 Å². The molecule has 0 aromatic heterocycles. The molecule has 4 heteroatoms. The summed E-state index contributed by atoms with van der Waals surface area (Å²) in [6.45, 7) is 1.48. The SMILES string of the molecule is OCCC#Cc1cc(CN(CCO)C2CCC2)ccc1F. The molecule has 1 aliphatic rings. The molecule has 0 heterocycles. The van der Waals surface area contributed by atoms with Crippen LogP contribution in [-0.2, 0) is 6.54 Å². The van der Waals surface area contributed by atoms with Crippen LogP contribution in [-0.4, -0.2) is 40.9 Å². The molecule has 1 aromatic carbocycles. The van der Waals surface area contributed by atoms with Gasteiger partial charge in [0.15, 0.2) is 0 Å². The number of rotatable bonds is 6. The molecule has 2 rings (SSSR count). The summed E-state index contributed by atoms with van der Waals surface area (Å²) in [4.78, 5) is 2.25. The summed E-state index contributed by atoms with van der Waals surface area (Å²) < 4.78 is 13.7. The molecule has 0 spiro atoms. The van der Waals surface area contributed by atoms with E-state index in [0.29, 0.717) is 31.1 Å². The van der Waals surface area contributed by atoms with E-state index < -0.39 is 0 Å². The Labute approximate surface area is 125 Å². The molecule has 1 aliphatic carbocycles. The quantitative estimate of drug-likeness (QED) is 0.787. The van der Waals surface area contributed by atoms with Gasteiger partial charge in [-0.25, -0.2) is 4.39 Å². The molecule has 1 saturated carbocycles. The van der Waals surface area contributed by atoms with Gasteiger partial charge in [0.05, 0.1) is 18.8 Å². The lowest BCUT2D eigenvalue weighted by molar-refractivity contribution is 0.0945. The number of nitrogens with zero attached hydrogens (tertiary/aromatic N) is 1. The molecule has 2 N–H and O–H groups in total. The summed E-state index contributed by atoms with van der Waals surface area (Å²) in [6.07, 6.45) is 3.94. The predicted molar refractivity (Wildman–Crippen MR) is 80.1 cm³/mol. The third-order valence-electron chi connectivity index (χ3n) is 3.85. The smallest absolute Gasteiger partial charge is 0.138 e. The first kappa shape index (κ1) is 16.0. The number of hydrogen-bond donors (Lipinski definition) is 2. The Hall–Kier alpha value is -1.41. The molecule has 0 unspecified atom stereocenters. The van der Waals surface area contributed by atoms with Gasteiger partial charge in [0.1, 0.15) is 5.82 Å². The van der Waals surface area contributed by atoms with Gasteiger partial charge >= 0.3 is 0 Å². The van der Waals surface area contributed by atoms with Crippen molar-refractivity contribution in [3.05, 3.63) is 35.1 Å². The van der Waals surface area contributed by atoms with Crippen molar-refractivity contribution in [3.8, 4) is 11.8 Å². The number of halogens is 1. The minimum atomic E-state index is -0.332. The van der Waals surface area contributed by atoms with Gasteiger partial charge in [0.2, 0.25) is 0 Å². The van der Waals surface area contributed by atoms with Crippen LogP contribution in [0.1, 0.15) is 36.8 Å². The van der Waals surface area contributed by atoms with Crippen molar-refractivity contribution < 1.29 is 14.6 Å². The van der Waals surface area contributed by atoms with Gasteiger partial charge < -0.3 is 10.2 Å². The largest absolute Gasteiger partial charge is 0.395 e. The van der Waals surface area contributed by atoms with Crippen LogP contribution in [0.25, 0.3) is 0 Å². The Morgan fingerprint density at radius 2 is 2.05 bits per heavy atom. The van der Waals surface area contributed by atoms with Crippen LogP contribution < -0.4 is 0 Å². The first-order chi connectivity index (χ1) is 10.2. The Kier molecular flexibility index (Phi) is 6.19. The second-order valence-corrected chi connectivity index (χ2v) is 5.37. The molecule has 0 bridgehead atoms. The van der Waals surface area contributed by atoms with E-state index in [2.05, 4.69) is 16.7 Å². The highest BCUT2D eigenvalue weighted by Gasteiger charge is 2.24. The van der Waals surface area contributed by atoms with Gasteiger partial charge in [-0.05, 0) is 30.5 Å². The topological polar surface area (TPSA) is 43.7 Å². The fourth-order valence-electron chi connectivity index (χ4n) is 2.49. The summed E-state index contributed by atoms with van der Waals surface area (Å²) in [5, 5.41) is 17.9. The fourth-order valence-corrected chi connectivity index (χ4v) is 2.49. The fraction of sp³-hybridized carbons (Fsp3) is 0.529. The van der Waals surface area contributed by atoms with Crippen LogP contribution in [0, 0.1) is 17.7 Å². The molecular formula is C17H22FNO2. The monoisotopic (exact) mass is 291 g/mol. The summed E-state index contributed by atoms with van der Waals surface area (Å²) in [6, 6.07) is 5.51. The number of hydrogen-bond acceptors (Lipinski definition) is 3. The molecule has 0 radical (unpaired) electrons. The minimum absolute atomic E-state index is 0.0136. The maximum atomic E-state index is 13.7. The van der Waals surface area contributed by atoms with Crippen molar-refractivity contribution in [3.63, 3.8) is 0 Å². The van der Waals surface area contributed by atoms with E-state index in [-0.39, 0.29) is 19.0 Å². The van der Waals surface area contributed by atoms with Gasteiger partial charge in [0, 0.05) is 25.6 Å². The van der Waals surface area contributed by atoms with Crippen molar-refractivity contribution in [1.29, 1.82) is 0 Å². The van der Waals surface area contributed by atoms with Gasteiger partial charge in [-0.3, -0.25) is 4.90 Å². The molecule has 1 aromatic rings. The molecule has 1 fully saturated rings. The van der Waals surface area contributed by atoms with E-state index in [4.69, 9.17) is 5.11 Å². The Bertz CT molecular complexity index is 517. The van der Waals surface area contributed by atoms with Crippen molar-refractivity contribution in [2.45, 2.75) is 38.3 Å². The highest BCUT2D eigenvalue weighted by Crippen LogP contribution is 2.26. The van der Waals surface area contributed by atoms with E-state index in [1.807, 2.05) is 0 Å². The van der Waals surface area contributed by atoms with Crippen LogP contribution in [0.4, 0.5) is 4.39 Å². The number of aliphatic hydroxyl groups excluding tert-OH is 2. The van der Waals surface area contributed by atoms with Crippen LogP contribution in [0.5, 0.6) is 0 Å². The van der Waals surface area contributed by atoms with Crippen molar-refractivity contribution in [1.82, 2.24) is 4.90 Å². The average molecular weight is 291 g/mol. The van der Waals surface area contributed by atoms with E-state index >= 15 is 0 Å². The van der Waals surface area contributed by atoms with E-state index in [0.717, 1.165) is 5.56 Å². The first-order valence-corrected chi connectivity index (χ1v) is 7.47. The lowest BCUT2D eigenvalue weighted by Gasteiger charge is -2.37. The Morgan fingerprint density at radius 1 is 1.24 bits per heavy atom. The molecule has 21 heavy (non-hydrogen) atoms. The second kappa shape index (κ2) is 8.14. The summed E-state index contributed by atoms with van der Waals surface area (Å²) in [5.74, 6) is 5.18. The van der Waals surface area contributed by atoms with E-state index in [9.17, 15) is 9.50 Å². The second-order valence-electron chi connectivity index (χ2n) is 5.37. The van der Waals surface area contributed by atoms with Crippen molar-refractivity contribution in [2.24, 2.45) is 0 Å². The zero-order chi connectivity index (χ0) is 15.1. The highest BCUT2D eigenvalue weighted by molar-refractivity contribution is 5.38. The zero-order valence-corrected chi connectivity index (χ0v) is 12.2. The van der Waals surface area contributed by atoms with E-state index in [1.54, 1.807) is 12.1 Å². The Balaban J connectivity index is 2.08. The summed E-state index contributed by atoms with van der Waals surface area (Å²) >= 11 is 0. The Morgan fingerprint density at radius 3 is 2.67 bits per heavy atom. The van der Waals surface area contributed by atoms with E-state index in [1.165, 1.54) is 25.3 Å². The molecule has 0 aliphatic heterocycles. The standard InChI is InChI=1S/C17H22FNO2/c18-17-8-7-14(12-15(17)4-1-2-10-20)13-19(9-11-21)16-5-3-6-16/h7-8,12,16,20-21H,2-3,5-6,9-11,13H2.